The van der Waals surface area contributed by atoms with Gasteiger partial charge in [-0.1, -0.05) is 44.2 Å². The van der Waals surface area contributed by atoms with Crippen molar-refractivity contribution in [3.05, 3.63) is 35.9 Å². The summed E-state index contributed by atoms with van der Waals surface area (Å²) in [6, 6.07) is 10.6. The lowest BCUT2D eigenvalue weighted by Crippen LogP contribution is -2.49. The molecule has 1 fully saturated rings. The molecule has 0 aliphatic carbocycles. The smallest absolute Gasteiger partial charge is 0.191 e. The van der Waals surface area contributed by atoms with E-state index in [0.29, 0.717) is 0 Å². The van der Waals surface area contributed by atoms with Gasteiger partial charge in [-0.15, -0.1) is 0 Å². The third-order valence-electron chi connectivity index (χ3n) is 4.32. The summed E-state index contributed by atoms with van der Waals surface area (Å²) < 4.78 is 5.77. The van der Waals surface area contributed by atoms with Gasteiger partial charge in [-0.2, -0.15) is 0 Å². The second-order valence-corrected chi connectivity index (χ2v) is 6.81. The Morgan fingerprint density at radius 2 is 2.04 bits per heavy atom. The molecule has 2 N–H and O–H groups in total. The summed E-state index contributed by atoms with van der Waals surface area (Å²) in [7, 11) is 3.93. The first-order chi connectivity index (χ1) is 11.0. The molecule has 0 amide bonds. The standard InChI is InChI=1S/C18H30N4O/c1-18(2,15-8-6-5-7-9-15)14-21-17(19-3)20-12-16-13-22(4)10-11-23-16/h5-9,16H,10-14H2,1-4H3,(H2,19,20,21). The quantitative estimate of drug-likeness (QED) is 0.637. The van der Waals surface area contributed by atoms with Gasteiger partial charge in [0.15, 0.2) is 5.96 Å². The first kappa shape index (κ1) is 17.8. The van der Waals surface area contributed by atoms with E-state index in [2.05, 4.69) is 71.8 Å². The van der Waals surface area contributed by atoms with Gasteiger partial charge < -0.3 is 20.3 Å². The summed E-state index contributed by atoms with van der Waals surface area (Å²) in [5, 5.41) is 6.80. The molecule has 1 aromatic carbocycles. The van der Waals surface area contributed by atoms with E-state index in [9.17, 15) is 0 Å². The van der Waals surface area contributed by atoms with Crippen LogP contribution in [0.4, 0.5) is 0 Å². The van der Waals surface area contributed by atoms with Crippen LogP contribution >= 0.6 is 0 Å². The van der Waals surface area contributed by atoms with Crippen molar-refractivity contribution < 1.29 is 4.74 Å². The van der Waals surface area contributed by atoms with E-state index in [1.54, 1.807) is 7.05 Å². The van der Waals surface area contributed by atoms with Crippen LogP contribution in [0.15, 0.2) is 35.3 Å². The molecular formula is C18H30N4O. The molecule has 1 aromatic rings. The average Bonchev–Trinajstić information content (AvgIpc) is 2.56. The normalized spacial score (nSPS) is 20.3. The monoisotopic (exact) mass is 318 g/mol. The fourth-order valence-electron chi connectivity index (χ4n) is 2.72. The van der Waals surface area contributed by atoms with Crippen molar-refractivity contribution in [1.82, 2.24) is 15.5 Å². The lowest BCUT2D eigenvalue weighted by molar-refractivity contribution is -0.0161. The van der Waals surface area contributed by atoms with Gasteiger partial charge in [0, 0.05) is 38.6 Å². The van der Waals surface area contributed by atoms with Crippen LogP contribution in [0, 0.1) is 0 Å². The van der Waals surface area contributed by atoms with Gasteiger partial charge in [-0.3, -0.25) is 4.99 Å². The van der Waals surface area contributed by atoms with Gasteiger partial charge in [-0.05, 0) is 12.6 Å². The maximum atomic E-state index is 5.77. The molecule has 1 saturated heterocycles. The molecule has 1 aliphatic rings. The van der Waals surface area contributed by atoms with E-state index in [0.717, 1.165) is 38.7 Å². The van der Waals surface area contributed by atoms with Crippen LogP contribution in [0.2, 0.25) is 0 Å². The largest absolute Gasteiger partial charge is 0.374 e. The van der Waals surface area contributed by atoms with Gasteiger partial charge >= 0.3 is 0 Å². The van der Waals surface area contributed by atoms with E-state index in [1.165, 1.54) is 5.56 Å². The van der Waals surface area contributed by atoms with Gasteiger partial charge in [-0.25, -0.2) is 0 Å². The van der Waals surface area contributed by atoms with Crippen molar-refractivity contribution in [3.63, 3.8) is 0 Å². The zero-order valence-electron chi connectivity index (χ0n) is 14.8. The first-order valence-electron chi connectivity index (χ1n) is 8.31. The molecule has 128 valence electrons. The zero-order chi connectivity index (χ0) is 16.7. The summed E-state index contributed by atoms with van der Waals surface area (Å²) in [4.78, 5) is 6.61. The molecule has 0 aromatic heterocycles. The van der Waals surface area contributed by atoms with Crippen LogP contribution in [-0.4, -0.2) is 63.8 Å². The van der Waals surface area contributed by atoms with Crippen LogP contribution in [0.5, 0.6) is 0 Å². The first-order valence-corrected chi connectivity index (χ1v) is 8.31. The van der Waals surface area contributed by atoms with E-state index in [1.807, 2.05) is 0 Å². The molecule has 0 radical (unpaired) electrons. The highest BCUT2D eigenvalue weighted by Gasteiger charge is 2.21. The number of hydrogen-bond donors (Lipinski definition) is 2. The molecular weight excluding hydrogens is 288 g/mol. The van der Waals surface area contributed by atoms with Crippen molar-refractivity contribution in [2.24, 2.45) is 4.99 Å². The van der Waals surface area contributed by atoms with Gasteiger partial charge in [0.1, 0.15) is 0 Å². The minimum atomic E-state index is 0.0421. The van der Waals surface area contributed by atoms with Crippen LogP contribution in [0.3, 0.4) is 0 Å². The summed E-state index contributed by atoms with van der Waals surface area (Å²) in [6.07, 6.45) is 0.217. The number of aliphatic imine (C=N–C) groups is 1. The number of likely N-dealkylation sites (N-methyl/N-ethyl adjacent to an activating group) is 1. The Morgan fingerprint density at radius 1 is 1.30 bits per heavy atom. The second kappa shape index (κ2) is 8.31. The molecule has 1 aliphatic heterocycles. The van der Waals surface area contributed by atoms with E-state index >= 15 is 0 Å². The van der Waals surface area contributed by atoms with Gasteiger partial charge in [0.25, 0.3) is 0 Å². The Hall–Kier alpha value is -1.59. The van der Waals surface area contributed by atoms with Crippen LogP contribution in [0.25, 0.3) is 0 Å². The van der Waals surface area contributed by atoms with Crippen molar-refractivity contribution in [3.8, 4) is 0 Å². The molecule has 0 saturated carbocycles. The van der Waals surface area contributed by atoms with Crippen molar-refractivity contribution in [2.75, 3.05) is 46.9 Å². The molecule has 0 spiro atoms. The van der Waals surface area contributed by atoms with E-state index in [4.69, 9.17) is 4.74 Å². The minimum Gasteiger partial charge on any atom is -0.374 e. The Bertz CT molecular complexity index is 501. The fraction of sp³-hybridized carbons (Fsp3) is 0.611. The maximum absolute atomic E-state index is 5.77. The van der Waals surface area contributed by atoms with Crippen LogP contribution < -0.4 is 10.6 Å². The predicted octanol–water partition coefficient (Wildman–Crippen LogP) is 1.46. The number of guanidine groups is 1. The van der Waals surface area contributed by atoms with Gasteiger partial charge in [0.2, 0.25) is 0 Å². The number of ether oxygens (including phenoxy) is 1. The van der Waals surface area contributed by atoms with Crippen molar-refractivity contribution >= 4 is 5.96 Å². The predicted molar refractivity (Wildman–Crippen MR) is 96.1 cm³/mol. The SMILES string of the molecule is CN=C(NCC1CN(C)CCO1)NCC(C)(C)c1ccccc1. The molecule has 1 heterocycles. The third-order valence-corrected chi connectivity index (χ3v) is 4.32. The Balaban J connectivity index is 1.81. The number of nitrogens with one attached hydrogen (secondary N) is 2. The Labute approximate surface area is 140 Å². The Kier molecular flexibility index (Phi) is 6.42. The zero-order valence-corrected chi connectivity index (χ0v) is 14.8. The van der Waals surface area contributed by atoms with Crippen LogP contribution in [-0.2, 0) is 10.2 Å². The lowest BCUT2D eigenvalue weighted by atomic mass is 9.85. The molecule has 0 bridgehead atoms. The number of benzene rings is 1. The minimum absolute atomic E-state index is 0.0421. The highest BCUT2D eigenvalue weighted by Crippen LogP contribution is 2.21. The van der Waals surface area contributed by atoms with Crippen molar-refractivity contribution in [1.29, 1.82) is 0 Å². The second-order valence-electron chi connectivity index (χ2n) is 6.81. The summed E-state index contributed by atoms with van der Waals surface area (Å²) in [6.45, 7) is 8.84. The third kappa shape index (κ3) is 5.52. The van der Waals surface area contributed by atoms with Crippen molar-refractivity contribution in [2.45, 2.75) is 25.4 Å². The van der Waals surface area contributed by atoms with Crippen LogP contribution in [0.1, 0.15) is 19.4 Å². The Morgan fingerprint density at radius 3 is 2.70 bits per heavy atom. The molecule has 23 heavy (non-hydrogen) atoms. The summed E-state index contributed by atoms with van der Waals surface area (Å²) in [5.41, 5.74) is 1.36. The van der Waals surface area contributed by atoms with Gasteiger partial charge in [0.05, 0.1) is 12.7 Å². The highest BCUT2D eigenvalue weighted by atomic mass is 16.5. The van der Waals surface area contributed by atoms with E-state index < -0.39 is 0 Å². The number of morpholine rings is 1. The molecule has 2 rings (SSSR count). The van der Waals surface area contributed by atoms with E-state index in [-0.39, 0.29) is 11.5 Å². The summed E-state index contributed by atoms with van der Waals surface area (Å²) in [5.74, 6) is 0.825. The molecule has 5 nitrogen and oxygen atoms in total. The maximum Gasteiger partial charge on any atom is 0.191 e. The molecule has 1 atom stereocenters. The highest BCUT2D eigenvalue weighted by molar-refractivity contribution is 5.79. The summed E-state index contributed by atoms with van der Waals surface area (Å²) >= 11 is 0. The topological polar surface area (TPSA) is 48.9 Å². The number of hydrogen-bond acceptors (Lipinski definition) is 3. The lowest BCUT2D eigenvalue weighted by Gasteiger charge is -2.31. The fourth-order valence-corrected chi connectivity index (χ4v) is 2.72. The number of nitrogens with zero attached hydrogens (tertiary/aromatic N) is 2. The molecule has 1 unspecified atom stereocenters. The number of rotatable bonds is 5. The average molecular weight is 318 g/mol. The molecule has 5 heteroatoms.